The molecule has 0 aliphatic carbocycles. The molecule has 28 heavy (non-hydrogen) atoms. The minimum Gasteiger partial charge on any atom is -0.311 e. The van der Waals surface area contributed by atoms with Crippen molar-refractivity contribution in [3.05, 3.63) is 66.0 Å². The van der Waals surface area contributed by atoms with Gasteiger partial charge in [-0.05, 0) is 36.8 Å². The summed E-state index contributed by atoms with van der Waals surface area (Å²) in [5.74, 6) is -3.00. The van der Waals surface area contributed by atoms with Gasteiger partial charge in [0, 0.05) is 12.2 Å². The first-order valence-electron chi connectivity index (χ1n) is 8.69. The molecule has 144 valence electrons. The Bertz CT molecular complexity index is 915. The van der Waals surface area contributed by atoms with Gasteiger partial charge in [0.25, 0.3) is 0 Å². The van der Waals surface area contributed by atoms with Gasteiger partial charge in [-0.1, -0.05) is 30.3 Å². The van der Waals surface area contributed by atoms with Crippen LogP contribution in [0.5, 0.6) is 0 Å². The highest BCUT2D eigenvalue weighted by atomic mass is 19.1. The molecule has 1 aliphatic heterocycles. The fourth-order valence-corrected chi connectivity index (χ4v) is 2.94. The van der Waals surface area contributed by atoms with Gasteiger partial charge in [-0.2, -0.15) is 0 Å². The van der Waals surface area contributed by atoms with Crippen LogP contribution in [-0.4, -0.2) is 46.6 Å². The summed E-state index contributed by atoms with van der Waals surface area (Å²) < 4.78 is 13.1. The lowest BCUT2D eigenvalue weighted by atomic mass is 10.2. The Morgan fingerprint density at radius 1 is 0.929 bits per heavy atom. The van der Waals surface area contributed by atoms with E-state index >= 15 is 0 Å². The van der Waals surface area contributed by atoms with E-state index in [4.69, 9.17) is 0 Å². The third kappa shape index (κ3) is 3.75. The molecule has 1 heterocycles. The standard InChI is InChI=1S/C20H18FN3O4/c1-2-22(16-10-8-15(21)9-11-16)17(25)13-24-19(27)18(26)23(20(24)28)12-14-6-4-3-5-7-14/h3-11H,2,12-13H2,1H3. The fraction of sp³-hybridized carbons (Fsp3) is 0.200. The summed E-state index contributed by atoms with van der Waals surface area (Å²) in [5, 5.41) is 0. The molecular formula is C20H18FN3O4. The molecule has 2 aromatic rings. The number of hydrogen-bond donors (Lipinski definition) is 0. The first kappa shape index (κ1) is 19.2. The number of anilines is 1. The largest absolute Gasteiger partial charge is 0.335 e. The maximum Gasteiger partial charge on any atom is 0.335 e. The molecule has 0 saturated carbocycles. The van der Waals surface area contributed by atoms with Crippen LogP contribution in [0, 0.1) is 5.82 Å². The number of benzene rings is 2. The summed E-state index contributed by atoms with van der Waals surface area (Å²) in [6.45, 7) is 1.34. The Labute approximate surface area is 160 Å². The quantitative estimate of drug-likeness (QED) is 0.566. The molecule has 0 unspecified atom stereocenters. The van der Waals surface area contributed by atoms with Crippen LogP contribution < -0.4 is 4.90 Å². The molecule has 0 radical (unpaired) electrons. The second-order valence-corrected chi connectivity index (χ2v) is 6.17. The summed E-state index contributed by atoms with van der Waals surface area (Å²) in [7, 11) is 0. The van der Waals surface area contributed by atoms with Gasteiger partial charge in [-0.3, -0.25) is 19.3 Å². The number of halogens is 1. The van der Waals surface area contributed by atoms with Gasteiger partial charge in [-0.15, -0.1) is 0 Å². The molecule has 0 N–H and O–H groups in total. The lowest BCUT2D eigenvalue weighted by Gasteiger charge is -2.23. The molecule has 5 amide bonds. The Morgan fingerprint density at radius 3 is 2.14 bits per heavy atom. The molecule has 8 heteroatoms. The van der Waals surface area contributed by atoms with Crippen LogP contribution in [0.4, 0.5) is 14.9 Å². The van der Waals surface area contributed by atoms with Crippen molar-refractivity contribution in [3.8, 4) is 0 Å². The average Bonchev–Trinajstić information content (AvgIpc) is 2.89. The van der Waals surface area contributed by atoms with Crippen molar-refractivity contribution < 1.29 is 23.6 Å². The summed E-state index contributed by atoms with van der Waals surface area (Å²) >= 11 is 0. The number of imide groups is 2. The third-order valence-electron chi connectivity index (χ3n) is 4.37. The van der Waals surface area contributed by atoms with Crippen LogP contribution in [-0.2, 0) is 20.9 Å². The lowest BCUT2D eigenvalue weighted by Crippen LogP contribution is -2.43. The second kappa shape index (κ2) is 7.99. The maximum atomic E-state index is 13.1. The van der Waals surface area contributed by atoms with E-state index in [1.54, 1.807) is 37.3 Å². The van der Waals surface area contributed by atoms with Gasteiger partial charge in [0.1, 0.15) is 12.4 Å². The SMILES string of the molecule is CCN(C(=O)CN1C(=O)C(=O)N(Cc2ccccc2)C1=O)c1ccc(F)cc1. The molecule has 0 spiro atoms. The number of urea groups is 1. The topological polar surface area (TPSA) is 78.0 Å². The summed E-state index contributed by atoms with van der Waals surface area (Å²) in [6, 6.07) is 13.2. The van der Waals surface area contributed by atoms with E-state index in [1.807, 2.05) is 0 Å². The molecule has 0 bridgehead atoms. The van der Waals surface area contributed by atoms with Gasteiger partial charge in [0.2, 0.25) is 5.91 Å². The Morgan fingerprint density at radius 2 is 1.54 bits per heavy atom. The van der Waals surface area contributed by atoms with Crippen LogP contribution in [0.2, 0.25) is 0 Å². The van der Waals surface area contributed by atoms with Gasteiger partial charge in [-0.25, -0.2) is 14.1 Å². The summed E-state index contributed by atoms with van der Waals surface area (Å²) in [4.78, 5) is 52.4. The van der Waals surface area contributed by atoms with Crippen molar-refractivity contribution in [2.24, 2.45) is 0 Å². The zero-order valence-electron chi connectivity index (χ0n) is 15.2. The highest BCUT2D eigenvalue weighted by molar-refractivity contribution is 6.45. The molecule has 3 rings (SSSR count). The van der Waals surface area contributed by atoms with Crippen LogP contribution in [0.15, 0.2) is 54.6 Å². The molecule has 0 aromatic heterocycles. The minimum atomic E-state index is -1.04. The lowest BCUT2D eigenvalue weighted by molar-refractivity contribution is -0.144. The van der Waals surface area contributed by atoms with Crippen molar-refractivity contribution in [1.29, 1.82) is 0 Å². The number of carbonyl (C=O) groups excluding carboxylic acids is 4. The molecule has 0 atom stereocenters. The number of nitrogens with zero attached hydrogens (tertiary/aromatic N) is 3. The van der Waals surface area contributed by atoms with Gasteiger partial charge < -0.3 is 4.90 Å². The van der Waals surface area contributed by atoms with Gasteiger partial charge in [0.05, 0.1) is 6.54 Å². The second-order valence-electron chi connectivity index (χ2n) is 6.17. The predicted octanol–water partition coefficient (Wildman–Crippen LogP) is 2.17. The Balaban J connectivity index is 1.74. The van der Waals surface area contributed by atoms with Gasteiger partial charge in [0.15, 0.2) is 0 Å². The van der Waals surface area contributed by atoms with Crippen molar-refractivity contribution in [3.63, 3.8) is 0 Å². The van der Waals surface area contributed by atoms with E-state index in [-0.39, 0.29) is 13.1 Å². The summed E-state index contributed by atoms with van der Waals surface area (Å²) in [6.07, 6.45) is 0. The highest BCUT2D eigenvalue weighted by Gasteiger charge is 2.45. The van der Waals surface area contributed by atoms with Crippen LogP contribution in [0.1, 0.15) is 12.5 Å². The van der Waals surface area contributed by atoms with Crippen LogP contribution in [0.3, 0.4) is 0 Å². The maximum absolute atomic E-state index is 13.1. The Kier molecular flexibility index (Phi) is 5.49. The van der Waals surface area contributed by atoms with E-state index < -0.39 is 36.1 Å². The van der Waals surface area contributed by atoms with E-state index in [0.29, 0.717) is 16.2 Å². The monoisotopic (exact) mass is 383 g/mol. The van der Waals surface area contributed by atoms with Gasteiger partial charge >= 0.3 is 17.8 Å². The highest BCUT2D eigenvalue weighted by Crippen LogP contribution is 2.19. The van der Waals surface area contributed by atoms with Crippen molar-refractivity contribution in [1.82, 2.24) is 9.80 Å². The van der Waals surface area contributed by atoms with E-state index in [2.05, 4.69) is 0 Å². The first-order valence-corrected chi connectivity index (χ1v) is 8.69. The number of rotatable bonds is 6. The van der Waals surface area contributed by atoms with Crippen molar-refractivity contribution in [2.45, 2.75) is 13.5 Å². The minimum absolute atomic E-state index is 0.0512. The van der Waals surface area contributed by atoms with Crippen LogP contribution in [0.25, 0.3) is 0 Å². The van der Waals surface area contributed by atoms with E-state index in [0.717, 1.165) is 4.90 Å². The first-order chi connectivity index (χ1) is 13.4. The molecule has 7 nitrogen and oxygen atoms in total. The number of amides is 5. The number of hydrogen-bond acceptors (Lipinski definition) is 4. The zero-order valence-corrected chi connectivity index (χ0v) is 15.2. The average molecular weight is 383 g/mol. The van der Waals surface area contributed by atoms with E-state index in [1.165, 1.54) is 29.2 Å². The molecule has 1 saturated heterocycles. The fourth-order valence-electron chi connectivity index (χ4n) is 2.94. The Hall–Kier alpha value is -3.55. The zero-order chi connectivity index (χ0) is 20.3. The van der Waals surface area contributed by atoms with E-state index in [9.17, 15) is 23.6 Å². The van der Waals surface area contributed by atoms with Crippen LogP contribution >= 0.6 is 0 Å². The third-order valence-corrected chi connectivity index (χ3v) is 4.37. The number of carbonyl (C=O) groups is 4. The molecule has 2 aromatic carbocycles. The van der Waals surface area contributed by atoms with Crippen molar-refractivity contribution in [2.75, 3.05) is 18.0 Å². The molecule has 1 fully saturated rings. The molecule has 1 aliphatic rings. The predicted molar refractivity (Wildman–Crippen MR) is 98.5 cm³/mol. The van der Waals surface area contributed by atoms with Crippen molar-refractivity contribution >= 4 is 29.4 Å². The summed E-state index contributed by atoms with van der Waals surface area (Å²) in [5.41, 5.74) is 1.12. The number of likely N-dealkylation sites (N-methyl/N-ethyl adjacent to an activating group) is 1. The molecular weight excluding hydrogens is 365 g/mol. The smallest absolute Gasteiger partial charge is 0.311 e. The normalized spacial score (nSPS) is 14.0.